The molecule has 0 saturated heterocycles. The number of fused-ring (bicyclic) bond motifs is 3. The molecule has 3 aromatic heterocycles. The van der Waals surface area contributed by atoms with Gasteiger partial charge in [0.1, 0.15) is 5.69 Å². The first kappa shape index (κ1) is 22.9. The third-order valence-electron chi connectivity index (χ3n) is 6.25. The second-order valence-corrected chi connectivity index (χ2v) is 9.70. The topological polar surface area (TPSA) is 86.2 Å². The summed E-state index contributed by atoms with van der Waals surface area (Å²) in [5.41, 5.74) is 6.67. The highest BCUT2D eigenvalue weighted by atomic mass is 32.2. The second kappa shape index (κ2) is 8.74. The normalized spacial score (nSPS) is 11.5. The summed E-state index contributed by atoms with van der Waals surface area (Å²) in [6.45, 7) is 8.04. The summed E-state index contributed by atoms with van der Waals surface area (Å²) in [5, 5.41) is 13.3. The van der Waals surface area contributed by atoms with Gasteiger partial charge < -0.3 is 5.32 Å². The average molecular weight is 487 g/mol. The maximum absolute atomic E-state index is 13.1. The number of amides is 1. The van der Waals surface area contributed by atoms with E-state index in [1.807, 2.05) is 47.7 Å². The lowest BCUT2D eigenvalue weighted by atomic mass is 10.0. The average Bonchev–Trinajstić information content (AvgIpc) is 3.32. The highest BCUT2D eigenvalue weighted by molar-refractivity contribution is 7.99. The molecule has 1 amide bonds. The van der Waals surface area contributed by atoms with E-state index in [1.54, 1.807) is 16.4 Å². The number of nitrogens with one attached hydrogen (secondary N) is 1. The largest absolute Gasteiger partial charge is 0.319 e. The van der Waals surface area contributed by atoms with Crippen molar-refractivity contribution in [3.05, 3.63) is 81.3 Å². The number of aromatic nitrogens is 5. The first-order chi connectivity index (χ1) is 16.8. The van der Waals surface area contributed by atoms with Gasteiger partial charge in [-0.3, -0.25) is 18.7 Å². The molecule has 5 aromatic rings. The molecule has 1 N–H and O–H groups in total. The number of benzene rings is 2. The number of hydrogen-bond donors (Lipinski definition) is 1. The van der Waals surface area contributed by atoms with Gasteiger partial charge in [-0.2, -0.15) is 0 Å². The molecule has 0 aliphatic heterocycles. The third kappa shape index (κ3) is 3.91. The summed E-state index contributed by atoms with van der Waals surface area (Å²) in [6, 6.07) is 15.7. The molecule has 0 atom stereocenters. The minimum Gasteiger partial charge on any atom is -0.319 e. The van der Waals surface area contributed by atoms with E-state index in [4.69, 9.17) is 0 Å². The maximum Gasteiger partial charge on any atom is 0.295 e. The molecule has 0 aliphatic carbocycles. The van der Waals surface area contributed by atoms with Gasteiger partial charge in [0.05, 0.1) is 22.7 Å². The summed E-state index contributed by atoms with van der Waals surface area (Å²) in [7, 11) is 1.80. The van der Waals surface area contributed by atoms with Crippen LogP contribution in [0, 0.1) is 27.7 Å². The van der Waals surface area contributed by atoms with Crippen LogP contribution >= 0.6 is 11.8 Å². The first-order valence-corrected chi connectivity index (χ1v) is 12.3. The molecule has 0 bridgehead atoms. The fourth-order valence-corrected chi connectivity index (χ4v) is 5.27. The summed E-state index contributed by atoms with van der Waals surface area (Å²) in [6.07, 6.45) is 0. The van der Waals surface area contributed by atoms with Crippen LogP contribution in [0.2, 0.25) is 0 Å². The number of carbonyl (C=O) groups excluding carboxylic acids is 1. The monoisotopic (exact) mass is 486 g/mol. The van der Waals surface area contributed by atoms with Crippen LogP contribution in [0.5, 0.6) is 0 Å². The van der Waals surface area contributed by atoms with Crippen molar-refractivity contribution in [3.63, 3.8) is 0 Å². The molecule has 0 spiro atoms. The Morgan fingerprint density at radius 2 is 1.74 bits per heavy atom. The van der Waals surface area contributed by atoms with Gasteiger partial charge >= 0.3 is 0 Å². The van der Waals surface area contributed by atoms with Crippen molar-refractivity contribution in [1.82, 2.24) is 24.0 Å². The van der Waals surface area contributed by atoms with E-state index in [0.29, 0.717) is 10.9 Å². The van der Waals surface area contributed by atoms with Crippen molar-refractivity contribution in [2.75, 3.05) is 11.1 Å². The van der Waals surface area contributed by atoms with Gasteiger partial charge in [-0.1, -0.05) is 41.6 Å². The second-order valence-electron chi connectivity index (χ2n) is 8.75. The molecule has 3 heterocycles. The van der Waals surface area contributed by atoms with Gasteiger partial charge in [0.25, 0.3) is 5.56 Å². The number of anilines is 1. The molecule has 2 aromatic carbocycles. The number of aryl methyl sites for hydroxylation is 3. The van der Waals surface area contributed by atoms with Crippen molar-refractivity contribution < 1.29 is 4.79 Å². The molecular formula is C26H26N6O2S. The van der Waals surface area contributed by atoms with Crippen molar-refractivity contribution in [1.29, 1.82) is 0 Å². The smallest absolute Gasteiger partial charge is 0.295 e. The summed E-state index contributed by atoms with van der Waals surface area (Å²) < 4.78 is 5.29. The van der Waals surface area contributed by atoms with Crippen LogP contribution in [0.3, 0.4) is 0 Å². The van der Waals surface area contributed by atoms with Gasteiger partial charge in [0.15, 0.2) is 10.8 Å². The predicted octanol–water partition coefficient (Wildman–Crippen LogP) is 4.34. The Hall–Kier alpha value is -3.85. The molecule has 9 heteroatoms. The van der Waals surface area contributed by atoms with Crippen LogP contribution in [0.4, 0.5) is 5.69 Å². The standard InChI is InChI=1S/C26H26N6O2S/c1-15-11-17(3)24-20(12-15)16(2)13-21-28-29-26(31(21)24)35-14-22(33)27-23-18(4)30(5)32(25(23)34)19-9-7-6-8-10-19/h6-13H,14H2,1-5H3,(H,27,33). The number of carbonyl (C=O) groups is 1. The zero-order valence-corrected chi connectivity index (χ0v) is 21.1. The molecule has 35 heavy (non-hydrogen) atoms. The van der Waals surface area contributed by atoms with Gasteiger partial charge in [-0.15, -0.1) is 10.2 Å². The Kier molecular flexibility index (Phi) is 5.72. The van der Waals surface area contributed by atoms with Crippen molar-refractivity contribution >= 4 is 39.9 Å². The van der Waals surface area contributed by atoms with E-state index in [1.165, 1.54) is 17.3 Å². The molecule has 0 fully saturated rings. The lowest BCUT2D eigenvalue weighted by Gasteiger charge is -2.11. The Labute approximate surface area is 206 Å². The quantitative estimate of drug-likeness (QED) is 0.374. The van der Waals surface area contributed by atoms with Crippen molar-refractivity contribution in [3.8, 4) is 5.69 Å². The Morgan fingerprint density at radius 3 is 2.49 bits per heavy atom. The third-order valence-corrected chi connectivity index (χ3v) is 7.18. The number of para-hydroxylation sites is 1. The summed E-state index contributed by atoms with van der Waals surface area (Å²) >= 11 is 1.30. The van der Waals surface area contributed by atoms with Gasteiger partial charge in [0.2, 0.25) is 5.91 Å². The molecule has 5 rings (SSSR count). The van der Waals surface area contributed by atoms with Gasteiger partial charge in [-0.25, -0.2) is 4.68 Å². The van der Waals surface area contributed by atoms with Crippen LogP contribution in [-0.2, 0) is 11.8 Å². The van der Waals surface area contributed by atoms with E-state index in [9.17, 15) is 9.59 Å². The highest BCUT2D eigenvalue weighted by Crippen LogP contribution is 2.29. The van der Waals surface area contributed by atoms with Crippen LogP contribution in [0.1, 0.15) is 22.4 Å². The highest BCUT2D eigenvalue weighted by Gasteiger charge is 2.19. The van der Waals surface area contributed by atoms with Crippen LogP contribution in [0.15, 0.2) is 58.5 Å². The van der Waals surface area contributed by atoms with Crippen molar-refractivity contribution in [2.24, 2.45) is 7.05 Å². The fourth-order valence-electron chi connectivity index (χ4n) is 4.53. The minimum absolute atomic E-state index is 0.0974. The summed E-state index contributed by atoms with van der Waals surface area (Å²) in [4.78, 5) is 26.0. The van der Waals surface area contributed by atoms with Gasteiger partial charge in [-0.05, 0) is 63.1 Å². The van der Waals surface area contributed by atoms with Crippen LogP contribution < -0.4 is 10.9 Å². The lowest BCUT2D eigenvalue weighted by molar-refractivity contribution is -0.113. The number of nitrogens with zero attached hydrogens (tertiary/aromatic N) is 5. The predicted molar refractivity (Wildman–Crippen MR) is 140 cm³/mol. The van der Waals surface area contributed by atoms with E-state index in [2.05, 4.69) is 48.4 Å². The fraction of sp³-hybridized carbons (Fsp3) is 0.231. The molecule has 0 unspecified atom stereocenters. The molecule has 8 nitrogen and oxygen atoms in total. The Morgan fingerprint density at radius 1 is 1.00 bits per heavy atom. The zero-order chi connectivity index (χ0) is 24.9. The molecule has 0 radical (unpaired) electrons. The van der Waals surface area contributed by atoms with E-state index >= 15 is 0 Å². The van der Waals surface area contributed by atoms with E-state index < -0.39 is 0 Å². The molecule has 178 valence electrons. The number of pyridine rings is 1. The Bertz CT molecular complexity index is 1660. The number of hydrogen-bond acceptors (Lipinski definition) is 5. The minimum atomic E-state index is -0.276. The Balaban J connectivity index is 1.43. The number of thioether (sulfide) groups is 1. The van der Waals surface area contributed by atoms with Gasteiger partial charge in [0, 0.05) is 12.4 Å². The first-order valence-electron chi connectivity index (χ1n) is 11.3. The zero-order valence-electron chi connectivity index (χ0n) is 20.3. The lowest BCUT2D eigenvalue weighted by Crippen LogP contribution is -2.23. The van der Waals surface area contributed by atoms with Crippen molar-refractivity contribution in [2.45, 2.75) is 32.9 Å². The number of rotatable bonds is 5. The van der Waals surface area contributed by atoms with Crippen LogP contribution in [-0.4, -0.2) is 35.6 Å². The molecule has 0 saturated carbocycles. The maximum atomic E-state index is 13.1. The SMILES string of the molecule is Cc1cc(C)c2c(c1)c(C)cc1nnc(SCC(=O)Nc3c(C)n(C)n(-c4ccccc4)c3=O)n12. The van der Waals surface area contributed by atoms with E-state index in [-0.39, 0.29) is 22.9 Å². The summed E-state index contributed by atoms with van der Waals surface area (Å²) in [5.74, 6) is -0.179. The molecular weight excluding hydrogens is 460 g/mol. The molecule has 0 aliphatic rings. The van der Waals surface area contributed by atoms with E-state index in [0.717, 1.165) is 33.4 Å². The van der Waals surface area contributed by atoms with Crippen LogP contribution in [0.25, 0.3) is 22.2 Å².